The molecule has 114 valence electrons. The summed E-state index contributed by atoms with van der Waals surface area (Å²) in [5, 5.41) is 5.12. The molecule has 1 saturated heterocycles. The zero-order valence-electron chi connectivity index (χ0n) is 12.4. The lowest BCUT2D eigenvalue weighted by atomic mass is 10.0. The summed E-state index contributed by atoms with van der Waals surface area (Å²) in [7, 11) is 1.74. The van der Waals surface area contributed by atoms with Crippen molar-refractivity contribution in [1.82, 2.24) is 10.2 Å². The zero-order valence-corrected chi connectivity index (χ0v) is 13.2. The number of thiophene rings is 1. The molecule has 1 N–H and O–H groups in total. The monoisotopic (exact) mass is 314 g/mol. The van der Waals surface area contributed by atoms with Gasteiger partial charge in [-0.15, -0.1) is 11.3 Å². The normalized spacial score (nSPS) is 19.2. The fraction of sp³-hybridized carbons (Fsp3) is 0.294. The van der Waals surface area contributed by atoms with Crippen LogP contribution in [0.4, 0.5) is 0 Å². The summed E-state index contributed by atoms with van der Waals surface area (Å²) in [5.74, 6) is -0.281. The Bertz CT molecular complexity index is 655. The fourth-order valence-electron chi connectivity index (χ4n) is 2.72. The van der Waals surface area contributed by atoms with E-state index in [9.17, 15) is 9.59 Å². The molecule has 1 aliphatic rings. The Kier molecular flexibility index (Phi) is 4.24. The van der Waals surface area contributed by atoms with Crippen molar-refractivity contribution in [3.63, 3.8) is 0 Å². The van der Waals surface area contributed by atoms with Gasteiger partial charge in [0.2, 0.25) is 11.8 Å². The summed E-state index contributed by atoms with van der Waals surface area (Å²) in [6.07, 6.45) is 0.300. The minimum atomic E-state index is -0.260. The molecule has 0 bridgehead atoms. The van der Waals surface area contributed by atoms with Gasteiger partial charge in [-0.1, -0.05) is 36.4 Å². The second-order valence-electron chi connectivity index (χ2n) is 5.54. The van der Waals surface area contributed by atoms with E-state index >= 15 is 0 Å². The molecule has 0 aliphatic carbocycles. The van der Waals surface area contributed by atoms with E-state index in [1.807, 2.05) is 47.8 Å². The Morgan fingerprint density at radius 1 is 1.27 bits per heavy atom. The zero-order chi connectivity index (χ0) is 15.5. The predicted molar refractivity (Wildman–Crippen MR) is 86.5 cm³/mol. The Labute approximate surface area is 133 Å². The Hall–Kier alpha value is -2.14. The first kappa shape index (κ1) is 14.8. The van der Waals surface area contributed by atoms with Gasteiger partial charge < -0.3 is 10.2 Å². The number of carbonyl (C=O) groups excluding carboxylic acids is 2. The molecule has 1 aliphatic heterocycles. The van der Waals surface area contributed by atoms with Crippen LogP contribution in [-0.2, 0) is 9.59 Å². The second-order valence-corrected chi connectivity index (χ2v) is 6.52. The Morgan fingerprint density at radius 2 is 2.05 bits per heavy atom. The van der Waals surface area contributed by atoms with Crippen molar-refractivity contribution in [2.24, 2.45) is 5.92 Å². The number of carbonyl (C=O) groups is 2. The minimum absolute atomic E-state index is 0.0348. The van der Waals surface area contributed by atoms with Gasteiger partial charge in [0.05, 0.1) is 12.0 Å². The number of hydrogen-bond acceptors (Lipinski definition) is 3. The maximum Gasteiger partial charge on any atom is 0.226 e. The molecule has 3 rings (SSSR count). The van der Waals surface area contributed by atoms with E-state index in [1.54, 1.807) is 23.3 Å². The topological polar surface area (TPSA) is 49.4 Å². The molecular weight excluding hydrogens is 296 g/mol. The molecule has 1 aromatic heterocycles. The van der Waals surface area contributed by atoms with Crippen LogP contribution >= 0.6 is 11.3 Å². The third kappa shape index (κ3) is 3.04. The van der Waals surface area contributed by atoms with E-state index in [2.05, 4.69) is 5.32 Å². The van der Waals surface area contributed by atoms with Crippen LogP contribution in [0.1, 0.15) is 22.9 Å². The molecule has 2 aromatic rings. The van der Waals surface area contributed by atoms with Crippen LogP contribution in [0, 0.1) is 5.92 Å². The van der Waals surface area contributed by atoms with Crippen LogP contribution in [0.15, 0.2) is 47.8 Å². The first-order chi connectivity index (χ1) is 10.6. The number of benzene rings is 1. The van der Waals surface area contributed by atoms with E-state index in [4.69, 9.17) is 0 Å². The number of nitrogens with one attached hydrogen (secondary N) is 1. The summed E-state index contributed by atoms with van der Waals surface area (Å²) >= 11 is 1.62. The smallest absolute Gasteiger partial charge is 0.226 e. The summed E-state index contributed by atoms with van der Waals surface area (Å²) in [6.45, 7) is 0.497. The highest BCUT2D eigenvalue weighted by Crippen LogP contribution is 2.27. The molecule has 0 spiro atoms. The summed E-state index contributed by atoms with van der Waals surface area (Å²) in [5.41, 5.74) is 1.05. The SMILES string of the molecule is CN1C[C@H](C(=O)N[C@H](c2ccccc2)c2cccs2)CC1=O. The van der Waals surface area contributed by atoms with Gasteiger partial charge in [-0.3, -0.25) is 9.59 Å². The molecule has 4 nitrogen and oxygen atoms in total. The van der Waals surface area contributed by atoms with Crippen molar-refractivity contribution < 1.29 is 9.59 Å². The van der Waals surface area contributed by atoms with Gasteiger partial charge in [-0.25, -0.2) is 0 Å². The van der Waals surface area contributed by atoms with Gasteiger partial charge in [0.15, 0.2) is 0 Å². The van der Waals surface area contributed by atoms with Gasteiger partial charge in [0.25, 0.3) is 0 Å². The third-order valence-corrected chi connectivity index (χ3v) is 4.90. The highest BCUT2D eigenvalue weighted by Gasteiger charge is 2.33. The van der Waals surface area contributed by atoms with Crippen molar-refractivity contribution >= 4 is 23.2 Å². The number of nitrogens with zero attached hydrogens (tertiary/aromatic N) is 1. The van der Waals surface area contributed by atoms with Crippen LogP contribution in [0.3, 0.4) is 0 Å². The number of likely N-dealkylation sites (tertiary alicyclic amines) is 1. The standard InChI is InChI=1S/C17H18N2O2S/c1-19-11-13(10-15(19)20)17(21)18-16(14-8-5-9-22-14)12-6-3-2-4-7-12/h2-9,13,16H,10-11H2,1H3,(H,18,21)/t13-,16-/m1/s1. The highest BCUT2D eigenvalue weighted by molar-refractivity contribution is 7.10. The second kappa shape index (κ2) is 6.32. The quantitative estimate of drug-likeness (QED) is 0.942. The molecule has 1 aromatic carbocycles. The molecule has 2 amide bonds. The average Bonchev–Trinajstić information content (AvgIpc) is 3.16. The molecule has 1 fully saturated rings. The molecular formula is C17H18N2O2S. The summed E-state index contributed by atoms with van der Waals surface area (Å²) < 4.78 is 0. The molecule has 0 saturated carbocycles. The van der Waals surface area contributed by atoms with Crippen molar-refractivity contribution in [2.45, 2.75) is 12.5 Å². The molecule has 2 atom stereocenters. The third-order valence-electron chi connectivity index (χ3n) is 3.96. The van der Waals surface area contributed by atoms with E-state index in [0.29, 0.717) is 13.0 Å². The van der Waals surface area contributed by atoms with Gasteiger partial charge in [-0.05, 0) is 17.0 Å². The van der Waals surface area contributed by atoms with Crippen LogP contribution in [0.5, 0.6) is 0 Å². The highest BCUT2D eigenvalue weighted by atomic mass is 32.1. The van der Waals surface area contributed by atoms with Crippen LogP contribution in [0.25, 0.3) is 0 Å². The maximum atomic E-state index is 12.5. The molecule has 0 radical (unpaired) electrons. The van der Waals surface area contributed by atoms with Crippen molar-refractivity contribution in [2.75, 3.05) is 13.6 Å². The Balaban J connectivity index is 1.79. The van der Waals surface area contributed by atoms with E-state index in [-0.39, 0.29) is 23.8 Å². The summed E-state index contributed by atoms with van der Waals surface area (Å²) in [4.78, 5) is 26.9. The molecule has 0 unspecified atom stereocenters. The lowest BCUT2D eigenvalue weighted by Crippen LogP contribution is -2.35. The lowest BCUT2D eigenvalue weighted by molar-refractivity contribution is -0.128. The molecule has 22 heavy (non-hydrogen) atoms. The number of rotatable bonds is 4. The molecule has 5 heteroatoms. The van der Waals surface area contributed by atoms with E-state index in [1.165, 1.54) is 0 Å². The van der Waals surface area contributed by atoms with Crippen LogP contribution in [0.2, 0.25) is 0 Å². The minimum Gasteiger partial charge on any atom is -0.345 e. The lowest BCUT2D eigenvalue weighted by Gasteiger charge is -2.20. The molecule has 2 heterocycles. The summed E-state index contributed by atoms with van der Waals surface area (Å²) in [6, 6.07) is 13.8. The van der Waals surface area contributed by atoms with Crippen molar-refractivity contribution in [3.8, 4) is 0 Å². The van der Waals surface area contributed by atoms with Crippen molar-refractivity contribution in [3.05, 3.63) is 58.3 Å². The number of hydrogen-bond donors (Lipinski definition) is 1. The number of amides is 2. The predicted octanol–water partition coefficient (Wildman–Crippen LogP) is 2.43. The van der Waals surface area contributed by atoms with Crippen LogP contribution in [-0.4, -0.2) is 30.3 Å². The first-order valence-electron chi connectivity index (χ1n) is 7.28. The van der Waals surface area contributed by atoms with E-state index < -0.39 is 0 Å². The van der Waals surface area contributed by atoms with Gasteiger partial charge in [0.1, 0.15) is 0 Å². The van der Waals surface area contributed by atoms with Crippen molar-refractivity contribution in [1.29, 1.82) is 0 Å². The fourth-order valence-corrected chi connectivity index (χ4v) is 3.52. The average molecular weight is 314 g/mol. The Morgan fingerprint density at radius 3 is 2.64 bits per heavy atom. The first-order valence-corrected chi connectivity index (χ1v) is 8.16. The maximum absolute atomic E-state index is 12.5. The van der Waals surface area contributed by atoms with E-state index in [0.717, 1.165) is 10.4 Å². The van der Waals surface area contributed by atoms with Gasteiger partial charge in [-0.2, -0.15) is 0 Å². The largest absolute Gasteiger partial charge is 0.345 e. The van der Waals surface area contributed by atoms with Crippen LogP contribution < -0.4 is 5.32 Å². The van der Waals surface area contributed by atoms with Gasteiger partial charge >= 0.3 is 0 Å². The van der Waals surface area contributed by atoms with Gasteiger partial charge in [0, 0.05) is 24.9 Å².